The van der Waals surface area contributed by atoms with Gasteiger partial charge in [0.05, 0.1) is 0 Å². The Hall–Kier alpha value is -0.860. The fraction of sp³-hybridized carbons (Fsp3) is 0.625. The Morgan fingerprint density at radius 2 is 2.00 bits per heavy atom. The third kappa shape index (κ3) is 3.33. The first-order chi connectivity index (χ1) is 8.85. The molecule has 100 valence electrons. The molecule has 0 fully saturated rings. The second-order valence-electron chi connectivity index (χ2n) is 5.37. The van der Waals surface area contributed by atoms with E-state index in [2.05, 4.69) is 36.1 Å². The number of nitrogens with two attached hydrogens (primary N) is 1. The lowest BCUT2D eigenvalue weighted by molar-refractivity contribution is 0.171. The third-order valence-electron chi connectivity index (χ3n) is 4.09. The Labute approximate surface area is 111 Å². The molecule has 0 aliphatic carbocycles. The number of nitrogens with zero attached hydrogens (tertiary/aromatic N) is 1. The Kier molecular flexibility index (Phi) is 5.21. The Bertz CT molecular complexity index is 362. The van der Waals surface area contributed by atoms with Crippen LogP contribution >= 0.6 is 0 Å². The lowest BCUT2D eigenvalue weighted by Gasteiger charge is -2.35. The van der Waals surface area contributed by atoms with Crippen LogP contribution in [0.3, 0.4) is 0 Å². The van der Waals surface area contributed by atoms with Gasteiger partial charge in [0.2, 0.25) is 0 Å². The Morgan fingerprint density at radius 1 is 1.22 bits per heavy atom. The lowest BCUT2D eigenvalue weighted by atomic mass is 9.97. The van der Waals surface area contributed by atoms with E-state index in [-0.39, 0.29) is 0 Å². The molecule has 1 atom stereocenters. The smallest absolute Gasteiger partial charge is 0.0240 e. The average Bonchev–Trinajstić information content (AvgIpc) is 2.43. The molecule has 1 heterocycles. The largest absolute Gasteiger partial charge is 0.329 e. The molecule has 2 N–H and O–H groups in total. The number of rotatable bonds is 6. The van der Waals surface area contributed by atoms with Crippen LogP contribution in [0.2, 0.25) is 0 Å². The summed E-state index contributed by atoms with van der Waals surface area (Å²) < 4.78 is 0. The Morgan fingerprint density at radius 3 is 2.72 bits per heavy atom. The second kappa shape index (κ2) is 6.91. The second-order valence-corrected chi connectivity index (χ2v) is 5.37. The van der Waals surface area contributed by atoms with E-state index in [1.165, 1.54) is 49.8 Å². The zero-order valence-corrected chi connectivity index (χ0v) is 11.6. The van der Waals surface area contributed by atoms with Crippen LogP contribution in [-0.4, -0.2) is 24.0 Å². The molecule has 0 aromatic heterocycles. The van der Waals surface area contributed by atoms with Crippen molar-refractivity contribution in [3.05, 3.63) is 35.4 Å². The summed E-state index contributed by atoms with van der Waals surface area (Å²) >= 11 is 0. The maximum atomic E-state index is 5.96. The van der Waals surface area contributed by atoms with E-state index in [1.807, 2.05) is 0 Å². The number of hydrogen-bond acceptors (Lipinski definition) is 2. The summed E-state index contributed by atoms with van der Waals surface area (Å²) in [6, 6.07) is 9.40. The van der Waals surface area contributed by atoms with E-state index in [0.29, 0.717) is 6.04 Å². The summed E-state index contributed by atoms with van der Waals surface area (Å²) in [5.74, 6) is 0. The Balaban J connectivity index is 1.93. The number of fused-ring (bicyclic) bond motifs is 1. The highest BCUT2D eigenvalue weighted by Crippen LogP contribution is 2.21. The van der Waals surface area contributed by atoms with E-state index in [1.54, 1.807) is 0 Å². The van der Waals surface area contributed by atoms with Gasteiger partial charge in [-0.25, -0.2) is 0 Å². The molecule has 0 saturated carbocycles. The number of unbranched alkanes of at least 4 members (excludes halogenated alkanes) is 2. The van der Waals surface area contributed by atoms with Crippen LogP contribution in [-0.2, 0) is 13.0 Å². The SMILES string of the molecule is CCCCCC(CN)N1CCc2ccccc2C1. The summed E-state index contributed by atoms with van der Waals surface area (Å²) in [5, 5.41) is 0. The molecule has 18 heavy (non-hydrogen) atoms. The van der Waals surface area contributed by atoms with E-state index >= 15 is 0 Å². The van der Waals surface area contributed by atoms with Gasteiger partial charge in [0.1, 0.15) is 0 Å². The molecule has 1 unspecified atom stereocenters. The van der Waals surface area contributed by atoms with Gasteiger partial charge in [-0.1, -0.05) is 50.5 Å². The normalized spacial score (nSPS) is 17.4. The molecule has 1 aromatic rings. The molecule has 0 saturated heterocycles. The maximum absolute atomic E-state index is 5.96. The molecule has 2 nitrogen and oxygen atoms in total. The predicted octanol–water partition coefficient (Wildman–Crippen LogP) is 2.95. The van der Waals surface area contributed by atoms with Crippen LogP contribution in [0.5, 0.6) is 0 Å². The van der Waals surface area contributed by atoms with E-state index in [9.17, 15) is 0 Å². The van der Waals surface area contributed by atoms with Crippen molar-refractivity contribution in [1.82, 2.24) is 4.90 Å². The minimum Gasteiger partial charge on any atom is -0.329 e. The lowest BCUT2D eigenvalue weighted by Crippen LogP contribution is -2.43. The average molecular weight is 246 g/mol. The van der Waals surface area contributed by atoms with Crippen LogP contribution < -0.4 is 5.73 Å². The minimum atomic E-state index is 0.574. The molecule has 1 aromatic carbocycles. The van der Waals surface area contributed by atoms with Gasteiger partial charge in [0.15, 0.2) is 0 Å². The van der Waals surface area contributed by atoms with Crippen molar-refractivity contribution in [3.63, 3.8) is 0 Å². The van der Waals surface area contributed by atoms with Crippen LogP contribution in [0.25, 0.3) is 0 Å². The quantitative estimate of drug-likeness (QED) is 0.782. The summed E-state index contributed by atoms with van der Waals surface area (Å²) in [5.41, 5.74) is 8.99. The highest BCUT2D eigenvalue weighted by atomic mass is 15.2. The van der Waals surface area contributed by atoms with E-state index < -0.39 is 0 Å². The van der Waals surface area contributed by atoms with Gasteiger partial charge in [-0.2, -0.15) is 0 Å². The van der Waals surface area contributed by atoms with Crippen molar-refractivity contribution in [2.75, 3.05) is 13.1 Å². The van der Waals surface area contributed by atoms with Gasteiger partial charge in [-0.15, -0.1) is 0 Å². The fourth-order valence-electron chi connectivity index (χ4n) is 2.91. The summed E-state index contributed by atoms with van der Waals surface area (Å²) in [6.45, 7) is 5.32. The van der Waals surface area contributed by atoms with E-state index in [0.717, 1.165) is 13.1 Å². The molecular formula is C16H26N2. The van der Waals surface area contributed by atoms with Crippen molar-refractivity contribution >= 4 is 0 Å². The van der Waals surface area contributed by atoms with Crippen molar-refractivity contribution < 1.29 is 0 Å². The highest BCUT2D eigenvalue weighted by Gasteiger charge is 2.21. The first-order valence-electron chi connectivity index (χ1n) is 7.36. The highest BCUT2D eigenvalue weighted by molar-refractivity contribution is 5.29. The molecule has 1 aliphatic heterocycles. The third-order valence-corrected chi connectivity index (χ3v) is 4.09. The molecule has 0 amide bonds. The van der Waals surface area contributed by atoms with Crippen molar-refractivity contribution in [3.8, 4) is 0 Å². The van der Waals surface area contributed by atoms with Crippen LogP contribution in [0.15, 0.2) is 24.3 Å². The zero-order chi connectivity index (χ0) is 12.8. The summed E-state index contributed by atoms with van der Waals surface area (Å²) in [7, 11) is 0. The van der Waals surface area contributed by atoms with Crippen LogP contribution in [0.1, 0.15) is 43.7 Å². The molecule has 2 heteroatoms. The van der Waals surface area contributed by atoms with Crippen molar-refractivity contribution in [1.29, 1.82) is 0 Å². The number of benzene rings is 1. The first-order valence-corrected chi connectivity index (χ1v) is 7.36. The first kappa shape index (κ1) is 13.6. The molecule has 1 aliphatic rings. The topological polar surface area (TPSA) is 29.3 Å². The summed E-state index contributed by atoms with van der Waals surface area (Å²) in [6.07, 6.45) is 6.38. The van der Waals surface area contributed by atoms with Gasteiger partial charge in [-0.3, -0.25) is 4.90 Å². The molecule has 0 spiro atoms. The van der Waals surface area contributed by atoms with Gasteiger partial charge >= 0.3 is 0 Å². The van der Waals surface area contributed by atoms with Crippen molar-refractivity contribution in [2.24, 2.45) is 5.73 Å². The summed E-state index contributed by atoms with van der Waals surface area (Å²) in [4.78, 5) is 2.58. The van der Waals surface area contributed by atoms with Gasteiger partial charge in [0.25, 0.3) is 0 Å². The standard InChI is InChI=1S/C16H26N2/c1-2-3-4-9-16(12-17)18-11-10-14-7-5-6-8-15(14)13-18/h5-8,16H,2-4,9-13,17H2,1H3. The van der Waals surface area contributed by atoms with Gasteiger partial charge in [0, 0.05) is 25.7 Å². The van der Waals surface area contributed by atoms with Gasteiger partial charge < -0.3 is 5.73 Å². The monoisotopic (exact) mass is 246 g/mol. The van der Waals surface area contributed by atoms with Gasteiger partial charge in [-0.05, 0) is 24.0 Å². The zero-order valence-electron chi connectivity index (χ0n) is 11.6. The predicted molar refractivity (Wildman–Crippen MR) is 77.5 cm³/mol. The molecule has 0 radical (unpaired) electrons. The fourth-order valence-corrected chi connectivity index (χ4v) is 2.91. The number of hydrogen-bond donors (Lipinski definition) is 1. The molecule has 2 rings (SSSR count). The minimum absolute atomic E-state index is 0.574. The van der Waals surface area contributed by atoms with Crippen molar-refractivity contribution in [2.45, 2.75) is 51.6 Å². The molecule has 0 bridgehead atoms. The van der Waals surface area contributed by atoms with E-state index in [4.69, 9.17) is 5.73 Å². The van der Waals surface area contributed by atoms with Crippen LogP contribution in [0.4, 0.5) is 0 Å². The van der Waals surface area contributed by atoms with Crippen LogP contribution in [0, 0.1) is 0 Å². The maximum Gasteiger partial charge on any atom is 0.0240 e. The molecular weight excluding hydrogens is 220 g/mol.